The normalized spacial score (nSPS) is 28.2. The largest absolute Gasteiger partial charge is 0.344 e. The number of benzene rings is 2. The number of likely N-dealkylation sites (tertiary alicyclic amines) is 1. The standard InChI is InChI=1S/C33H41N5O2/c1-23-34-28-9-5-6-10-30(28)38(23)27-21-25-11-12-26(22-27)37(25)20-17-33(24-7-3-2-4-8-24)15-18-36(19-16-33)32(40)29-13-14-31(39)35-29/h2-10,25-27,29H,11-22H2,1H3,(H,35,39)/t25?,26?,27?,29-/m1/s1. The van der Waals surface area contributed by atoms with Crippen LogP contribution in [-0.4, -0.2) is 68.9 Å². The van der Waals surface area contributed by atoms with Crippen molar-refractivity contribution in [3.8, 4) is 0 Å². The summed E-state index contributed by atoms with van der Waals surface area (Å²) in [5, 5.41) is 2.87. The summed E-state index contributed by atoms with van der Waals surface area (Å²) in [4.78, 5) is 34.5. The summed E-state index contributed by atoms with van der Waals surface area (Å²) in [7, 11) is 0. The fourth-order valence-electron chi connectivity index (χ4n) is 8.44. The van der Waals surface area contributed by atoms with E-state index in [0.717, 1.165) is 50.2 Å². The van der Waals surface area contributed by atoms with E-state index in [1.807, 2.05) is 4.90 Å². The molecule has 2 unspecified atom stereocenters. The zero-order valence-electron chi connectivity index (χ0n) is 23.6. The maximum Gasteiger partial charge on any atom is 0.245 e. The number of nitrogens with one attached hydrogen (secondary N) is 1. The minimum atomic E-state index is -0.329. The minimum Gasteiger partial charge on any atom is -0.344 e. The molecule has 7 rings (SSSR count). The highest BCUT2D eigenvalue weighted by atomic mass is 16.2. The molecule has 3 atom stereocenters. The van der Waals surface area contributed by atoms with Gasteiger partial charge in [0.25, 0.3) is 0 Å². The van der Waals surface area contributed by atoms with E-state index < -0.39 is 0 Å². The molecule has 7 nitrogen and oxygen atoms in total. The molecule has 1 aromatic heterocycles. The second-order valence-electron chi connectivity index (χ2n) is 12.6. The van der Waals surface area contributed by atoms with Gasteiger partial charge in [-0.05, 0) is 87.9 Å². The fraction of sp³-hybridized carbons (Fsp3) is 0.545. The lowest BCUT2D eigenvalue weighted by Gasteiger charge is -2.46. The lowest BCUT2D eigenvalue weighted by Crippen LogP contribution is -2.52. The first-order valence-corrected chi connectivity index (χ1v) is 15.3. The number of carbonyl (C=O) groups is 2. The van der Waals surface area contributed by atoms with Crippen molar-refractivity contribution in [2.75, 3.05) is 19.6 Å². The average molecular weight is 540 g/mol. The molecule has 4 saturated heterocycles. The van der Waals surface area contributed by atoms with Crippen LogP contribution in [0.3, 0.4) is 0 Å². The van der Waals surface area contributed by atoms with Crippen LogP contribution in [0.4, 0.5) is 0 Å². The molecule has 0 aliphatic carbocycles. The first-order valence-electron chi connectivity index (χ1n) is 15.3. The molecule has 40 heavy (non-hydrogen) atoms. The van der Waals surface area contributed by atoms with Crippen molar-refractivity contribution in [3.05, 3.63) is 66.0 Å². The lowest BCUT2D eigenvalue weighted by molar-refractivity contribution is -0.136. The highest BCUT2D eigenvalue weighted by Gasteiger charge is 2.44. The number of nitrogens with zero attached hydrogens (tertiary/aromatic N) is 4. The monoisotopic (exact) mass is 539 g/mol. The van der Waals surface area contributed by atoms with E-state index in [4.69, 9.17) is 4.98 Å². The van der Waals surface area contributed by atoms with Gasteiger partial charge in [0.1, 0.15) is 11.9 Å². The van der Waals surface area contributed by atoms with E-state index >= 15 is 0 Å². The van der Waals surface area contributed by atoms with Crippen LogP contribution >= 0.6 is 0 Å². The van der Waals surface area contributed by atoms with Gasteiger partial charge in [0, 0.05) is 37.6 Å². The summed E-state index contributed by atoms with van der Waals surface area (Å²) in [5.74, 6) is 1.25. The van der Waals surface area contributed by atoms with Gasteiger partial charge in [-0.3, -0.25) is 14.5 Å². The van der Waals surface area contributed by atoms with Gasteiger partial charge in [0.2, 0.25) is 11.8 Å². The van der Waals surface area contributed by atoms with E-state index in [2.05, 4.69) is 76.3 Å². The van der Waals surface area contributed by atoms with Crippen LogP contribution in [0.15, 0.2) is 54.6 Å². The number of fused-ring (bicyclic) bond motifs is 3. The molecule has 0 radical (unpaired) electrons. The van der Waals surface area contributed by atoms with Gasteiger partial charge in [-0.15, -0.1) is 0 Å². The third-order valence-electron chi connectivity index (χ3n) is 10.6. The number of amides is 2. The van der Waals surface area contributed by atoms with Gasteiger partial charge < -0.3 is 14.8 Å². The summed E-state index contributed by atoms with van der Waals surface area (Å²) in [6, 6.07) is 21.0. The molecule has 4 aliphatic rings. The minimum absolute atomic E-state index is 0.00350. The van der Waals surface area contributed by atoms with E-state index in [1.54, 1.807) is 0 Å². The molecule has 4 fully saturated rings. The SMILES string of the molecule is Cc1nc2ccccc2n1C1CC2CCC(C1)N2CCC1(c2ccccc2)CCN(C(=O)[C@H]2CCC(=O)N2)CC1. The Hall–Kier alpha value is -3.19. The lowest BCUT2D eigenvalue weighted by atomic mass is 9.70. The van der Waals surface area contributed by atoms with Crippen LogP contribution in [0.25, 0.3) is 11.0 Å². The molecule has 0 saturated carbocycles. The average Bonchev–Trinajstić information content (AvgIpc) is 3.64. The van der Waals surface area contributed by atoms with Gasteiger partial charge in [0.15, 0.2) is 0 Å². The van der Waals surface area contributed by atoms with Crippen LogP contribution in [0.1, 0.15) is 75.2 Å². The Balaban J connectivity index is 1.05. The fourth-order valence-corrected chi connectivity index (χ4v) is 8.44. The Kier molecular flexibility index (Phi) is 6.65. The predicted octanol–water partition coefficient (Wildman–Crippen LogP) is 4.74. The van der Waals surface area contributed by atoms with Crippen LogP contribution in [0.2, 0.25) is 0 Å². The van der Waals surface area contributed by atoms with Crippen LogP contribution in [-0.2, 0) is 15.0 Å². The molecule has 3 aromatic rings. The maximum absolute atomic E-state index is 13.1. The zero-order chi connectivity index (χ0) is 27.3. The topological polar surface area (TPSA) is 70.5 Å². The molecule has 0 spiro atoms. The highest BCUT2D eigenvalue weighted by molar-refractivity contribution is 5.90. The van der Waals surface area contributed by atoms with Crippen molar-refractivity contribution in [1.82, 2.24) is 24.7 Å². The Morgan fingerprint density at radius 1 is 0.950 bits per heavy atom. The second kappa shape index (κ2) is 10.3. The number of para-hydroxylation sites is 2. The molecule has 7 heteroatoms. The van der Waals surface area contributed by atoms with Crippen LogP contribution in [0, 0.1) is 6.92 Å². The first-order chi connectivity index (χ1) is 19.5. The van der Waals surface area contributed by atoms with Crippen molar-refractivity contribution in [3.63, 3.8) is 0 Å². The second-order valence-corrected chi connectivity index (χ2v) is 12.6. The number of rotatable bonds is 6. The molecule has 2 bridgehead atoms. The van der Waals surface area contributed by atoms with Gasteiger partial charge >= 0.3 is 0 Å². The first kappa shape index (κ1) is 25.8. The smallest absolute Gasteiger partial charge is 0.245 e. The van der Waals surface area contributed by atoms with Crippen molar-refractivity contribution >= 4 is 22.8 Å². The third kappa shape index (κ3) is 4.52. The Bertz CT molecular complexity index is 1380. The zero-order valence-corrected chi connectivity index (χ0v) is 23.6. The number of aromatic nitrogens is 2. The van der Waals surface area contributed by atoms with E-state index in [-0.39, 0.29) is 23.3 Å². The molecule has 5 heterocycles. The molecule has 2 aromatic carbocycles. The summed E-state index contributed by atoms with van der Waals surface area (Å²) in [5.41, 5.74) is 3.89. The number of imidazole rings is 1. The van der Waals surface area contributed by atoms with Crippen LogP contribution < -0.4 is 5.32 Å². The molecule has 2 amide bonds. The number of carbonyl (C=O) groups excluding carboxylic acids is 2. The molecule has 210 valence electrons. The van der Waals surface area contributed by atoms with Crippen molar-refractivity contribution in [2.24, 2.45) is 0 Å². The summed E-state index contributed by atoms with van der Waals surface area (Å²) < 4.78 is 2.52. The number of hydrogen-bond donors (Lipinski definition) is 1. The maximum atomic E-state index is 13.1. The molecular weight excluding hydrogens is 498 g/mol. The summed E-state index contributed by atoms with van der Waals surface area (Å²) in [6.45, 7) is 4.81. The van der Waals surface area contributed by atoms with Crippen LogP contribution in [0.5, 0.6) is 0 Å². The van der Waals surface area contributed by atoms with E-state index in [1.165, 1.54) is 36.8 Å². The van der Waals surface area contributed by atoms with Crippen molar-refractivity contribution in [2.45, 2.75) is 94.3 Å². The van der Waals surface area contributed by atoms with Gasteiger partial charge in [-0.2, -0.15) is 0 Å². The van der Waals surface area contributed by atoms with E-state index in [0.29, 0.717) is 31.0 Å². The van der Waals surface area contributed by atoms with Gasteiger partial charge in [-0.25, -0.2) is 4.98 Å². The summed E-state index contributed by atoms with van der Waals surface area (Å²) in [6.07, 6.45) is 9.17. The Morgan fingerprint density at radius 3 is 2.35 bits per heavy atom. The van der Waals surface area contributed by atoms with Crippen molar-refractivity contribution < 1.29 is 9.59 Å². The van der Waals surface area contributed by atoms with Crippen molar-refractivity contribution in [1.29, 1.82) is 0 Å². The highest BCUT2D eigenvalue weighted by Crippen LogP contribution is 2.45. The number of piperidine rings is 2. The predicted molar refractivity (Wildman–Crippen MR) is 156 cm³/mol. The number of hydrogen-bond acceptors (Lipinski definition) is 4. The Morgan fingerprint density at radius 2 is 1.65 bits per heavy atom. The molecule has 1 N–H and O–H groups in total. The number of aryl methyl sites for hydroxylation is 1. The Labute approximate surface area is 236 Å². The quantitative estimate of drug-likeness (QED) is 0.491. The van der Waals surface area contributed by atoms with Gasteiger partial charge in [0.05, 0.1) is 11.0 Å². The summed E-state index contributed by atoms with van der Waals surface area (Å²) >= 11 is 0. The van der Waals surface area contributed by atoms with Gasteiger partial charge in [-0.1, -0.05) is 42.5 Å². The molecular formula is C33H41N5O2. The van der Waals surface area contributed by atoms with E-state index in [9.17, 15) is 9.59 Å². The molecule has 4 aliphatic heterocycles. The third-order valence-corrected chi connectivity index (χ3v) is 10.6.